The molecular formula is C16H20N4O2. The number of aryl methyl sites for hydroxylation is 2. The summed E-state index contributed by atoms with van der Waals surface area (Å²) in [6.07, 6.45) is 5.52. The standard InChI is InChI=1S/C16H20N4O2/c1-3-12-13(7-8-15(18-12)22-2)19-16(21)11-10-17-20-9-5-4-6-14(11)20/h7-8,10H,3-6,9H2,1-2H3,(H,19,21). The number of hydrogen-bond donors (Lipinski definition) is 1. The van der Waals surface area contributed by atoms with Gasteiger partial charge >= 0.3 is 0 Å². The van der Waals surface area contributed by atoms with Crippen LogP contribution >= 0.6 is 0 Å². The Kier molecular flexibility index (Phi) is 4.09. The Bertz CT molecular complexity index is 693. The second-order valence-corrected chi connectivity index (χ2v) is 5.34. The lowest BCUT2D eigenvalue weighted by molar-refractivity contribution is 0.102. The fraction of sp³-hybridized carbons (Fsp3) is 0.438. The second-order valence-electron chi connectivity index (χ2n) is 5.34. The molecule has 0 saturated heterocycles. The first-order valence-electron chi connectivity index (χ1n) is 7.63. The van der Waals surface area contributed by atoms with Crippen molar-refractivity contribution in [3.8, 4) is 5.88 Å². The smallest absolute Gasteiger partial charge is 0.259 e. The molecule has 116 valence electrons. The van der Waals surface area contributed by atoms with E-state index in [2.05, 4.69) is 15.4 Å². The van der Waals surface area contributed by atoms with Gasteiger partial charge in [0, 0.05) is 12.6 Å². The van der Waals surface area contributed by atoms with Crippen LogP contribution in [0, 0.1) is 0 Å². The van der Waals surface area contributed by atoms with E-state index in [9.17, 15) is 4.79 Å². The zero-order valence-corrected chi connectivity index (χ0v) is 12.9. The summed E-state index contributed by atoms with van der Waals surface area (Å²) in [4.78, 5) is 16.9. The number of nitrogens with one attached hydrogen (secondary N) is 1. The number of nitrogens with zero attached hydrogens (tertiary/aromatic N) is 3. The van der Waals surface area contributed by atoms with E-state index < -0.39 is 0 Å². The quantitative estimate of drug-likeness (QED) is 0.941. The summed E-state index contributed by atoms with van der Waals surface area (Å²) in [5, 5.41) is 7.26. The van der Waals surface area contributed by atoms with E-state index in [0.717, 1.165) is 49.3 Å². The average molecular weight is 300 g/mol. The number of rotatable bonds is 4. The molecule has 0 spiro atoms. The Morgan fingerprint density at radius 1 is 1.41 bits per heavy atom. The number of carbonyl (C=O) groups is 1. The van der Waals surface area contributed by atoms with Crippen LogP contribution in [0.5, 0.6) is 5.88 Å². The lowest BCUT2D eigenvalue weighted by atomic mass is 10.1. The minimum absolute atomic E-state index is 0.121. The molecule has 1 amide bonds. The molecule has 0 unspecified atom stereocenters. The first kappa shape index (κ1) is 14.6. The van der Waals surface area contributed by atoms with Gasteiger partial charge in [-0.15, -0.1) is 0 Å². The maximum absolute atomic E-state index is 12.5. The highest BCUT2D eigenvalue weighted by atomic mass is 16.5. The highest BCUT2D eigenvalue weighted by Crippen LogP contribution is 2.22. The molecule has 0 radical (unpaired) electrons. The van der Waals surface area contributed by atoms with Gasteiger partial charge in [0.05, 0.1) is 35.9 Å². The van der Waals surface area contributed by atoms with Crippen LogP contribution in [-0.2, 0) is 19.4 Å². The number of fused-ring (bicyclic) bond motifs is 1. The Hall–Kier alpha value is -2.37. The summed E-state index contributed by atoms with van der Waals surface area (Å²) in [5.74, 6) is 0.433. The Labute approximate surface area is 129 Å². The van der Waals surface area contributed by atoms with Gasteiger partial charge in [-0.05, 0) is 31.7 Å². The predicted octanol–water partition coefficient (Wildman–Crippen LogP) is 2.44. The Balaban J connectivity index is 1.84. The number of hydrogen-bond acceptors (Lipinski definition) is 4. The van der Waals surface area contributed by atoms with Gasteiger partial charge in [0.1, 0.15) is 0 Å². The third-order valence-electron chi connectivity index (χ3n) is 3.97. The molecule has 0 fully saturated rings. The monoisotopic (exact) mass is 300 g/mol. The fourth-order valence-electron chi connectivity index (χ4n) is 2.78. The van der Waals surface area contributed by atoms with Crippen LogP contribution in [0.1, 0.15) is 41.5 Å². The largest absolute Gasteiger partial charge is 0.481 e. The minimum Gasteiger partial charge on any atom is -0.481 e. The van der Waals surface area contributed by atoms with Gasteiger partial charge in [-0.25, -0.2) is 4.98 Å². The summed E-state index contributed by atoms with van der Waals surface area (Å²) in [5.41, 5.74) is 3.23. The molecule has 22 heavy (non-hydrogen) atoms. The minimum atomic E-state index is -0.121. The van der Waals surface area contributed by atoms with Gasteiger partial charge < -0.3 is 10.1 Å². The van der Waals surface area contributed by atoms with E-state index in [1.54, 1.807) is 19.4 Å². The van der Waals surface area contributed by atoms with Gasteiger partial charge in [-0.3, -0.25) is 9.48 Å². The normalized spacial score (nSPS) is 13.5. The number of anilines is 1. The molecule has 1 aliphatic rings. The predicted molar refractivity (Wildman–Crippen MR) is 83.3 cm³/mol. The van der Waals surface area contributed by atoms with Crippen LogP contribution < -0.4 is 10.1 Å². The molecule has 6 heteroatoms. The van der Waals surface area contributed by atoms with Crippen molar-refractivity contribution < 1.29 is 9.53 Å². The van der Waals surface area contributed by atoms with Crippen molar-refractivity contribution in [3.63, 3.8) is 0 Å². The van der Waals surface area contributed by atoms with E-state index in [-0.39, 0.29) is 5.91 Å². The van der Waals surface area contributed by atoms with E-state index in [1.165, 1.54) is 0 Å². The van der Waals surface area contributed by atoms with E-state index >= 15 is 0 Å². The number of methoxy groups -OCH3 is 1. The van der Waals surface area contributed by atoms with Crippen LogP contribution in [0.25, 0.3) is 0 Å². The average Bonchev–Trinajstić information content (AvgIpc) is 2.99. The van der Waals surface area contributed by atoms with Gasteiger partial charge in [0.2, 0.25) is 5.88 Å². The van der Waals surface area contributed by atoms with Crippen LogP contribution in [0.3, 0.4) is 0 Å². The summed E-state index contributed by atoms with van der Waals surface area (Å²) >= 11 is 0. The molecule has 2 aromatic rings. The van der Waals surface area contributed by atoms with Crippen molar-refractivity contribution in [1.82, 2.24) is 14.8 Å². The van der Waals surface area contributed by atoms with Crippen molar-refractivity contribution in [3.05, 3.63) is 35.3 Å². The highest BCUT2D eigenvalue weighted by molar-refractivity contribution is 6.05. The topological polar surface area (TPSA) is 69.0 Å². The highest BCUT2D eigenvalue weighted by Gasteiger charge is 2.20. The summed E-state index contributed by atoms with van der Waals surface area (Å²) in [6, 6.07) is 3.58. The number of pyridine rings is 1. The van der Waals surface area contributed by atoms with Crippen molar-refractivity contribution in [2.24, 2.45) is 0 Å². The van der Waals surface area contributed by atoms with Crippen LogP contribution in [-0.4, -0.2) is 27.8 Å². The van der Waals surface area contributed by atoms with Crippen molar-refractivity contribution in [2.45, 2.75) is 39.2 Å². The van der Waals surface area contributed by atoms with E-state index in [4.69, 9.17) is 4.74 Å². The summed E-state index contributed by atoms with van der Waals surface area (Å²) < 4.78 is 7.06. The molecule has 0 bridgehead atoms. The molecule has 0 aromatic carbocycles. The zero-order valence-electron chi connectivity index (χ0n) is 12.9. The third kappa shape index (κ3) is 2.68. The molecule has 2 aromatic heterocycles. The van der Waals surface area contributed by atoms with E-state index in [1.807, 2.05) is 17.7 Å². The molecule has 6 nitrogen and oxygen atoms in total. The first-order valence-corrected chi connectivity index (χ1v) is 7.63. The third-order valence-corrected chi connectivity index (χ3v) is 3.97. The number of carbonyl (C=O) groups excluding carboxylic acids is 1. The number of ether oxygens (including phenoxy) is 1. The zero-order chi connectivity index (χ0) is 15.5. The van der Waals surface area contributed by atoms with Gasteiger partial charge in [-0.2, -0.15) is 5.10 Å². The lowest BCUT2D eigenvalue weighted by Crippen LogP contribution is -2.18. The van der Waals surface area contributed by atoms with Crippen LogP contribution in [0.15, 0.2) is 18.3 Å². The summed E-state index contributed by atoms with van der Waals surface area (Å²) in [7, 11) is 1.58. The molecule has 0 aliphatic carbocycles. The number of aromatic nitrogens is 3. The summed E-state index contributed by atoms with van der Waals surface area (Å²) in [6.45, 7) is 2.89. The van der Waals surface area contributed by atoms with Crippen LogP contribution in [0.4, 0.5) is 5.69 Å². The van der Waals surface area contributed by atoms with Crippen molar-refractivity contribution >= 4 is 11.6 Å². The molecule has 3 heterocycles. The molecule has 1 aliphatic heterocycles. The van der Waals surface area contributed by atoms with Gasteiger partial charge in [0.25, 0.3) is 5.91 Å². The maximum Gasteiger partial charge on any atom is 0.259 e. The van der Waals surface area contributed by atoms with Gasteiger partial charge in [-0.1, -0.05) is 6.92 Å². The van der Waals surface area contributed by atoms with Crippen molar-refractivity contribution in [1.29, 1.82) is 0 Å². The molecule has 0 atom stereocenters. The maximum atomic E-state index is 12.5. The van der Waals surface area contributed by atoms with E-state index in [0.29, 0.717) is 11.4 Å². The Morgan fingerprint density at radius 2 is 2.27 bits per heavy atom. The second kappa shape index (κ2) is 6.17. The lowest BCUT2D eigenvalue weighted by Gasteiger charge is -2.15. The number of amides is 1. The molecule has 1 N–H and O–H groups in total. The van der Waals surface area contributed by atoms with Gasteiger partial charge in [0.15, 0.2) is 0 Å². The SMILES string of the molecule is CCc1nc(OC)ccc1NC(=O)c1cnn2c1CCCC2. The molecular weight excluding hydrogens is 280 g/mol. The molecule has 0 saturated carbocycles. The Morgan fingerprint density at radius 3 is 3.05 bits per heavy atom. The fourth-order valence-corrected chi connectivity index (χ4v) is 2.78. The van der Waals surface area contributed by atoms with Crippen molar-refractivity contribution in [2.75, 3.05) is 12.4 Å². The molecule has 3 rings (SSSR count). The first-order chi connectivity index (χ1) is 10.7. The van der Waals surface area contributed by atoms with Crippen LogP contribution in [0.2, 0.25) is 0 Å².